The van der Waals surface area contributed by atoms with Crippen LogP contribution in [0, 0.1) is 6.92 Å². The van der Waals surface area contributed by atoms with Gasteiger partial charge in [0.1, 0.15) is 11.3 Å². The van der Waals surface area contributed by atoms with Crippen molar-refractivity contribution < 1.29 is 28.2 Å². The molecule has 0 aliphatic rings. The van der Waals surface area contributed by atoms with E-state index in [1.54, 1.807) is 31.2 Å². The lowest BCUT2D eigenvalue weighted by molar-refractivity contribution is -0.115. The lowest BCUT2D eigenvalue weighted by atomic mass is 10.0. The Balaban J connectivity index is 1.93. The van der Waals surface area contributed by atoms with Crippen LogP contribution in [-0.4, -0.2) is 34.3 Å². The first-order chi connectivity index (χ1) is 14.8. The summed E-state index contributed by atoms with van der Waals surface area (Å²) in [5.41, 5.74) is 0.997. The lowest BCUT2D eigenvalue weighted by Crippen LogP contribution is -2.20. The second kappa shape index (κ2) is 9.18. The van der Waals surface area contributed by atoms with Crippen molar-refractivity contribution in [1.29, 1.82) is 0 Å². The van der Waals surface area contributed by atoms with Gasteiger partial charge in [0.2, 0.25) is 11.7 Å². The van der Waals surface area contributed by atoms with Crippen LogP contribution in [0.2, 0.25) is 5.02 Å². The molecule has 1 amide bonds. The zero-order chi connectivity index (χ0) is 22.7. The molecule has 1 aromatic heterocycles. The summed E-state index contributed by atoms with van der Waals surface area (Å²) < 4.78 is 26.4. The van der Waals surface area contributed by atoms with Gasteiger partial charge in [-0.2, -0.15) is 0 Å². The molecular formula is C22H22ClNO7. The molecule has 0 unspecified atom stereocenters. The molecule has 0 aliphatic carbocycles. The van der Waals surface area contributed by atoms with E-state index in [1.165, 1.54) is 28.4 Å². The molecule has 31 heavy (non-hydrogen) atoms. The molecule has 0 bridgehead atoms. The molecule has 0 saturated carbocycles. The summed E-state index contributed by atoms with van der Waals surface area (Å²) in [4.78, 5) is 25.2. The molecule has 2 aromatic carbocycles. The monoisotopic (exact) mass is 447 g/mol. The summed E-state index contributed by atoms with van der Waals surface area (Å²) >= 11 is 6.20. The number of hydrogen-bond acceptors (Lipinski definition) is 7. The summed E-state index contributed by atoms with van der Waals surface area (Å²) in [7, 11) is 5.92. The van der Waals surface area contributed by atoms with E-state index in [0.717, 1.165) is 0 Å². The van der Waals surface area contributed by atoms with Gasteiger partial charge in [-0.25, -0.2) is 4.79 Å². The van der Waals surface area contributed by atoms with Crippen LogP contribution in [0.5, 0.6) is 23.0 Å². The third-order valence-electron chi connectivity index (χ3n) is 4.85. The summed E-state index contributed by atoms with van der Waals surface area (Å²) in [6.45, 7) is 1.74. The second-order valence-corrected chi connectivity index (χ2v) is 7.02. The number of amides is 1. The number of fused-ring (bicyclic) bond motifs is 1. The molecule has 0 fully saturated rings. The highest BCUT2D eigenvalue weighted by Gasteiger charge is 2.19. The largest absolute Gasteiger partial charge is 0.495 e. The van der Waals surface area contributed by atoms with Gasteiger partial charge in [-0.05, 0) is 18.6 Å². The minimum Gasteiger partial charge on any atom is -0.495 e. The number of nitrogens with one attached hydrogen (secondary N) is 1. The van der Waals surface area contributed by atoms with E-state index in [0.29, 0.717) is 50.2 Å². The summed E-state index contributed by atoms with van der Waals surface area (Å²) in [6, 6.07) is 6.39. The smallest absolute Gasteiger partial charge is 0.340 e. The zero-order valence-electron chi connectivity index (χ0n) is 17.8. The second-order valence-electron chi connectivity index (χ2n) is 6.61. The number of carbonyl (C=O) groups excluding carboxylic acids is 1. The Morgan fingerprint density at radius 3 is 2.13 bits per heavy atom. The first-order valence-corrected chi connectivity index (χ1v) is 9.60. The number of halogens is 1. The molecule has 0 atom stereocenters. The highest BCUT2D eigenvalue weighted by molar-refractivity contribution is 6.32. The maximum absolute atomic E-state index is 12.7. The van der Waals surface area contributed by atoms with Crippen molar-refractivity contribution >= 4 is 34.2 Å². The molecule has 0 aliphatic heterocycles. The van der Waals surface area contributed by atoms with Gasteiger partial charge in [-0.1, -0.05) is 11.6 Å². The van der Waals surface area contributed by atoms with Crippen molar-refractivity contribution in [1.82, 2.24) is 0 Å². The SMILES string of the molecule is COc1cc2oc(=O)c(CC(=O)Nc3cc(OC)c(OC)c(OC)c3)c(C)c2cc1Cl. The Morgan fingerprint density at radius 2 is 1.58 bits per heavy atom. The van der Waals surface area contributed by atoms with Crippen LogP contribution in [-0.2, 0) is 11.2 Å². The van der Waals surface area contributed by atoms with E-state index in [-0.39, 0.29) is 12.0 Å². The average molecular weight is 448 g/mol. The molecule has 0 saturated heterocycles. The van der Waals surface area contributed by atoms with E-state index < -0.39 is 11.5 Å². The van der Waals surface area contributed by atoms with Crippen LogP contribution in [0.25, 0.3) is 11.0 Å². The standard InChI is InChI=1S/C22H22ClNO7/c1-11-13-8-15(23)17(27-2)10-16(13)31-22(26)14(11)9-20(25)24-12-6-18(28-3)21(30-5)19(7-12)29-4/h6-8,10H,9H2,1-5H3,(H,24,25). The van der Waals surface area contributed by atoms with E-state index in [4.69, 9.17) is 35.0 Å². The average Bonchev–Trinajstić information content (AvgIpc) is 2.76. The molecule has 0 spiro atoms. The first-order valence-electron chi connectivity index (χ1n) is 9.22. The Bertz CT molecular complexity index is 1180. The third-order valence-corrected chi connectivity index (χ3v) is 5.14. The number of anilines is 1. The van der Waals surface area contributed by atoms with Crippen LogP contribution in [0.4, 0.5) is 5.69 Å². The molecule has 164 valence electrons. The lowest BCUT2D eigenvalue weighted by Gasteiger charge is -2.15. The van der Waals surface area contributed by atoms with Crippen LogP contribution < -0.4 is 29.9 Å². The predicted octanol–water partition coefficient (Wildman–Crippen LogP) is 3.97. The topological polar surface area (TPSA) is 96.2 Å². The van der Waals surface area contributed by atoms with Gasteiger partial charge in [0, 0.05) is 29.3 Å². The van der Waals surface area contributed by atoms with Gasteiger partial charge in [-0.3, -0.25) is 4.79 Å². The summed E-state index contributed by atoms with van der Waals surface area (Å²) in [5.74, 6) is 1.17. The fourth-order valence-corrected chi connectivity index (χ4v) is 3.51. The van der Waals surface area contributed by atoms with Crippen LogP contribution in [0.15, 0.2) is 33.5 Å². The highest BCUT2D eigenvalue weighted by Crippen LogP contribution is 2.40. The van der Waals surface area contributed by atoms with Gasteiger partial charge in [0.25, 0.3) is 0 Å². The van der Waals surface area contributed by atoms with E-state index in [2.05, 4.69) is 5.32 Å². The Labute approximate surface area is 183 Å². The number of ether oxygens (including phenoxy) is 4. The molecule has 3 aromatic rings. The normalized spacial score (nSPS) is 10.6. The number of benzene rings is 2. The highest BCUT2D eigenvalue weighted by atomic mass is 35.5. The minimum absolute atomic E-state index is 0.190. The van der Waals surface area contributed by atoms with Gasteiger partial charge in [0.05, 0.1) is 45.4 Å². The van der Waals surface area contributed by atoms with Crippen molar-refractivity contribution in [3.63, 3.8) is 0 Å². The van der Waals surface area contributed by atoms with Crippen molar-refractivity contribution in [2.24, 2.45) is 0 Å². The number of aryl methyl sites for hydroxylation is 1. The molecule has 1 N–H and O–H groups in total. The first kappa shape index (κ1) is 22.3. The van der Waals surface area contributed by atoms with Crippen molar-refractivity contribution in [2.45, 2.75) is 13.3 Å². The number of rotatable bonds is 7. The number of carbonyl (C=O) groups is 1. The van der Waals surface area contributed by atoms with E-state index >= 15 is 0 Å². The van der Waals surface area contributed by atoms with Crippen LogP contribution >= 0.6 is 11.6 Å². The Morgan fingerprint density at radius 1 is 0.968 bits per heavy atom. The fraction of sp³-hybridized carbons (Fsp3) is 0.273. The molecule has 3 rings (SSSR count). The molecule has 0 radical (unpaired) electrons. The molecule has 1 heterocycles. The van der Waals surface area contributed by atoms with E-state index in [9.17, 15) is 9.59 Å². The van der Waals surface area contributed by atoms with Gasteiger partial charge in [-0.15, -0.1) is 0 Å². The summed E-state index contributed by atoms with van der Waals surface area (Å²) in [6.07, 6.45) is -0.190. The van der Waals surface area contributed by atoms with Crippen LogP contribution in [0.1, 0.15) is 11.1 Å². The Hall–Kier alpha value is -3.39. The van der Waals surface area contributed by atoms with Gasteiger partial charge in [0.15, 0.2) is 11.5 Å². The Kier molecular flexibility index (Phi) is 6.60. The van der Waals surface area contributed by atoms with E-state index in [1.807, 2.05) is 0 Å². The summed E-state index contributed by atoms with van der Waals surface area (Å²) in [5, 5.41) is 3.74. The number of methoxy groups -OCH3 is 4. The third kappa shape index (κ3) is 4.39. The quantitative estimate of drug-likeness (QED) is 0.547. The van der Waals surface area contributed by atoms with Gasteiger partial charge < -0.3 is 28.7 Å². The van der Waals surface area contributed by atoms with Crippen molar-refractivity contribution in [3.05, 3.63) is 50.8 Å². The van der Waals surface area contributed by atoms with Crippen molar-refractivity contribution in [2.75, 3.05) is 33.8 Å². The fourth-order valence-electron chi connectivity index (χ4n) is 3.27. The number of hydrogen-bond donors (Lipinski definition) is 1. The molecular weight excluding hydrogens is 426 g/mol. The maximum Gasteiger partial charge on any atom is 0.340 e. The van der Waals surface area contributed by atoms with Crippen molar-refractivity contribution in [3.8, 4) is 23.0 Å². The van der Waals surface area contributed by atoms with Crippen LogP contribution in [0.3, 0.4) is 0 Å². The zero-order valence-corrected chi connectivity index (χ0v) is 18.5. The molecule has 8 nitrogen and oxygen atoms in total. The van der Waals surface area contributed by atoms with Gasteiger partial charge >= 0.3 is 5.63 Å². The maximum atomic E-state index is 12.7. The predicted molar refractivity (Wildman–Crippen MR) is 117 cm³/mol. The minimum atomic E-state index is -0.602. The molecule has 9 heteroatoms.